The van der Waals surface area contributed by atoms with Gasteiger partial charge in [-0.25, -0.2) is 0 Å². The standard InChI is InChI=1S/C31H41N3O4/c1-5-31(37)15-12-26-24-9-8-22-16-23(10-13-29(22,3)25(24)11-14-30(26,31)4)34-38-19-28(36)33-18-27(35)21-7-6-20(2)32-17-21/h1,6-7,16-17,24-27,35,37H,8-15,18-19H2,2-4H3,(H,33,36)/b34-23+/t24-,25+,26+,27+,29+,30+,31-/m1/s1. The summed E-state index contributed by atoms with van der Waals surface area (Å²) < 4.78 is 0. The van der Waals surface area contributed by atoms with Crippen LogP contribution in [0.4, 0.5) is 0 Å². The number of allylic oxidation sites excluding steroid dienone is 2. The van der Waals surface area contributed by atoms with Gasteiger partial charge in [-0.3, -0.25) is 9.78 Å². The largest absolute Gasteiger partial charge is 0.387 e. The van der Waals surface area contributed by atoms with Gasteiger partial charge < -0.3 is 20.4 Å². The maximum absolute atomic E-state index is 12.2. The van der Waals surface area contributed by atoms with Crippen LogP contribution in [-0.4, -0.2) is 45.6 Å². The van der Waals surface area contributed by atoms with Crippen LogP contribution in [0.3, 0.4) is 0 Å². The molecule has 0 bridgehead atoms. The van der Waals surface area contributed by atoms with E-state index in [1.807, 2.05) is 13.0 Å². The van der Waals surface area contributed by atoms with E-state index in [2.05, 4.69) is 41.3 Å². The number of fused-ring (bicyclic) bond motifs is 5. The average molecular weight is 520 g/mol. The summed E-state index contributed by atoms with van der Waals surface area (Å²) in [6.45, 7) is 6.43. The third-order valence-electron chi connectivity index (χ3n) is 10.6. The number of hydrogen-bond acceptors (Lipinski definition) is 6. The van der Waals surface area contributed by atoms with Crippen molar-refractivity contribution in [3.63, 3.8) is 0 Å². The second kappa shape index (κ2) is 10.1. The monoisotopic (exact) mass is 519 g/mol. The lowest BCUT2D eigenvalue weighted by atomic mass is 9.46. The third kappa shape index (κ3) is 4.56. The Morgan fingerprint density at radius 2 is 2.03 bits per heavy atom. The first-order chi connectivity index (χ1) is 18.1. The molecule has 7 nitrogen and oxygen atoms in total. The molecule has 0 radical (unpaired) electrons. The molecule has 7 atom stereocenters. The molecule has 7 heteroatoms. The Labute approximate surface area is 226 Å². The Kier molecular flexibility index (Phi) is 7.17. The molecule has 3 fully saturated rings. The molecule has 0 unspecified atom stereocenters. The van der Waals surface area contributed by atoms with Gasteiger partial charge in [-0.2, -0.15) is 0 Å². The minimum absolute atomic E-state index is 0.0905. The molecule has 1 heterocycles. The fourth-order valence-electron chi connectivity index (χ4n) is 8.13. The Morgan fingerprint density at radius 3 is 2.76 bits per heavy atom. The van der Waals surface area contributed by atoms with Crippen molar-refractivity contribution in [1.29, 1.82) is 0 Å². The van der Waals surface area contributed by atoms with E-state index in [0.29, 0.717) is 23.3 Å². The number of aliphatic hydroxyl groups is 2. The number of nitrogens with one attached hydrogen (secondary N) is 1. The van der Waals surface area contributed by atoms with Crippen LogP contribution in [0, 0.1) is 47.9 Å². The van der Waals surface area contributed by atoms with Crippen LogP contribution in [0.25, 0.3) is 0 Å². The average Bonchev–Trinajstić information content (AvgIpc) is 3.18. The summed E-state index contributed by atoms with van der Waals surface area (Å²) in [6, 6.07) is 3.63. The normalized spacial score (nSPS) is 37.7. The quantitative estimate of drug-likeness (QED) is 0.385. The lowest BCUT2D eigenvalue weighted by Crippen LogP contribution is -2.54. The predicted octanol–water partition coefficient (Wildman–Crippen LogP) is 4.24. The lowest BCUT2D eigenvalue weighted by Gasteiger charge is -2.58. The molecule has 1 aromatic heterocycles. The third-order valence-corrected chi connectivity index (χ3v) is 10.6. The van der Waals surface area contributed by atoms with Crippen LogP contribution in [0.15, 0.2) is 35.1 Å². The number of aromatic nitrogens is 1. The summed E-state index contributed by atoms with van der Waals surface area (Å²) in [4.78, 5) is 21.8. The highest BCUT2D eigenvalue weighted by molar-refractivity contribution is 5.96. The maximum atomic E-state index is 12.2. The van der Waals surface area contributed by atoms with Crippen molar-refractivity contribution in [2.24, 2.45) is 33.7 Å². The van der Waals surface area contributed by atoms with E-state index < -0.39 is 11.7 Å². The van der Waals surface area contributed by atoms with E-state index in [9.17, 15) is 15.0 Å². The molecule has 204 valence electrons. The van der Waals surface area contributed by atoms with Crippen molar-refractivity contribution in [3.05, 3.63) is 41.2 Å². The highest BCUT2D eigenvalue weighted by Gasteiger charge is 2.63. The minimum atomic E-state index is -0.967. The van der Waals surface area contributed by atoms with Gasteiger partial charge >= 0.3 is 0 Å². The summed E-state index contributed by atoms with van der Waals surface area (Å²) >= 11 is 0. The Bertz CT molecular complexity index is 1170. The van der Waals surface area contributed by atoms with Crippen molar-refractivity contribution in [1.82, 2.24) is 10.3 Å². The summed E-state index contributed by atoms with van der Waals surface area (Å²) in [5.74, 6) is 4.13. The number of pyridine rings is 1. The number of nitrogens with zero attached hydrogens (tertiary/aromatic N) is 2. The van der Waals surface area contributed by atoms with Crippen LogP contribution in [0.5, 0.6) is 0 Å². The molecule has 3 saturated carbocycles. The van der Waals surface area contributed by atoms with E-state index in [0.717, 1.165) is 62.8 Å². The maximum Gasteiger partial charge on any atom is 0.260 e. The van der Waals surface area contributed by atoms with Gasteiger partial charge in [-0.15, -0.1) is 6.42 Å². The van der Waals surface area contributed by atoms with Gasteiger partial charge in [-0.1, -0.05) is 36.6 Å². The number of oxime groups is 1. The lowest BCUT2D eigenvalue weighted by molar-refractivity contribution is -0.126. The molecule has 0 aromatic carbocycles. The van der Waals surface area contributed by atoms with Crippen molar-refractivity contribution in [3.8, 4) is 12.3 Å². The van der Waals surface area contributed by atoms with E-state index in [4.69, 9.17) is 11.3 Å². The molecule has 4 aliphatic carbocycles. The number of hydrogen-bond donors (Lipinski definition) is 3. The van der Waals surface area contributed by atoms with Crippen molar-refractivity contribution < 1.29 is 19.8 Å². The molecular weight excluding hydrogens is 478 g/mol. The topological polar surface area (TPSA) is 104 Å². The van der Waals surface area contributed by atoms with Gasteiger partial charge in [0, 0.05) is 29.4 Å². The van der Waals surface area contributed by atoms with Crippen LogP contribution in [0.1, 0.15) is 82.6 Å². The van der Waals surface area contributed by atoms with Crippen LogP contribution in [0.2, 0.25) is 0 Å². The molecule has 0 aliphatic heterocycles. The second-order valence-corrected chi connectivity index (χ2v) is 12.4. The SMILES string of the molecule is C#C[C@@]1(O)CC[C@H]2[C@@H]3CCC4=C/C(=N/OCC(=O)NC[C@H](O)c5ccc(C)nc5)CC[C@]4(C)[C@H]3CC[C@@]21C. The van der Waals surface area contributed by atoms with Crippen molar-refractivity contribution in [2.75, 3.05) is 13.2 Å². The molecule has 1 aromatic rings. The fraction of sp³-hybridized carbons (Fsp3) is 0.645. The molecule has 5 rings (SSSR count). The minimum Gasteiger partial charge on any atom is -0.387 e. The molecular formula is C31H41N3O4. The number of aliphatic hydroxyl groups excluding tert-OH is 1. The summed E-state index contributed by atoms with van der Waals surface area (Å²) in [7, 11) is 0. The summed E-state index contributed by atoms with van der Waals surface area (Å²) in [5.41, 5.74) is 2.86. The fourth-order valence-corrected chi connectivity index (χ4v) is 8.13. The molecule has 38 heavy (non-hydrogen) atoms. The summed E-state index contributed by atoms with van der Waals surface area (Å²) in [6.07, 6.45) is 16.6. The number of carbonyl (C=O) groups excluding carboxylic acids is 1. The second-order valence-electron chi connectivity index (χ2n) is 12.4. The predicted molar refractivity (Wildman–Crippen MR) is 146 cm³/mol. The number of amides is 1. The zero-order valence-electron chi connectivity index (χ0n) is 22.9. The van der Waals surface area contributed by atoms with Crippen molar-refractivity contribution >= 4 is 11.6 Å². The first-order valence-electron chi connectivity index (χ1n) is 14.1. The Morgan fingerprint density at radius 1 is 1.24 bits per heavy atom. The van der Waals surface area contributed by atoms with Gasteiger partial charge in [0.2, 0.25) is 0 Å². The van der Waals surface area contributed by atoms with Gasteiger partial charge in [0.05, 0.1) is 11.8 Å². The number of carbonyl (C=O) groups is 1. The van der Waals surface area contributed by atoms with E-state index in [1.54, 1.807) is 12.3 Å². The Balaban J connectivity index is 1.16. The van der Waals surface area contributed by atoms with E-state index in [-0.39, 0.29) is 29.9 Å². The van der Waals surface area contributed by atoms with Gasteiger partial charge in [0.25, 0.3) is 5.91 Å². The highest BCUT2D eigenvalue weighted by Crippen LogP contribution is 2.67. The van der Waals surface area contributed by atoms with E-state index in [1.165, 1.54) is 5.57 Å². The number of aryl methyl sites for hydroxylation is 1. The van der Waals surface area contributed by atoms with Gasteiger partial charge in [0.15, 0.2) is 6.61 Å². The first-order valence-corrected chi connectivity index (χ1v) is 14.1. The van der Waals surface area contributed by atoms with Crippen LogP contribution in [-0.2, 0) is 9.63 Å². The molecule has 4 aliphatic rings. The Hall–Kier alpha value is -2.69. The number of rotatable bonds is 6. The summed E-state index contributed by atoms with van der Waals surface area (Å²) in [5, 5.41) is 28.4. The van der Waals surface area contributed by atoms with E-state index >= 15 is 0 Å². The van der Waals surface area contributed by atoms with Crippen molar-refractivity contribution in [2.45, 2.75) is 83.8 Å². The smallest absolute Gasteiger partial charge is 0.260 e. The molecule has 0 saturated heterocycles. The van der Waals surface area contributed by atoms with Gasteiger partial charge in [-0.05, 0) is 93.6 Å². The molecule has 1 amide bonds. The molecule has 3 N–H and O–H groups in total. The highest BCUT2D eigenvalue weighted by atomic mass is 16.6. The first kappa shape index (κ1) is 26.9. The van der Waals surface area contributed by atoms with Gasteiger partial charge in [0.1, 0.15) is 5.60 Å². The zero-order valence-corrected chi connectivity index (χ0v) is 22.9. The van der Waals surface area contributed by atoms with Crippen LogP contribution < -0.4 is 5.32 Å². The molecule has 0 spiro atoms. The number of terminal acetylenes is 1. The zero-order chi connectivity index (χ0) is 27.1. The van der Waals surface area contributed by atoms with Crippen LogP contribution >= 0.6 is 0 Å².